The third-order valence-electron chi connectivity index (χ3n) is 4.12. The molecule has 0 rings (SSSR count). The molecule has 0 bridgehead atoms. The Morgan fingerprint density at radius 1 is 0.682 bits per heavy atom. The molecule has 0 aliphatic heterocycles. The van der Waals surface area contributed by atoms with E-state index in [1.165, 1.54) is 83.5 Å². The Morgan fingerprint density at radius 3 is 1.50 bits per heavy atom. The van der Waals surface area contributed by atoms with E-state index in [2.05, 4.69) is 6.92 Å². The van der Waals surface area contributed by atoms with Crippen LogP contribution in [-0.2, 0) is 9.53 Å². The van der Waals surface area contributed by atoms with Gasteiger partial charge in [-0.1, -0.05) is 97.3 Å². The van der Waals surface area contributed by atoms with E-state index in [0.29, 0.717) is 6.42 Å². The quantitative estimate of drug-likeness (QED) is 0.214. The Hall–Kier alpha value is -0.530. The van der Waals surface area contributed by atoms with Crippen molar-refractivity contribution in [3.05, 3.63) is 6.61 Å². The van der Waals surface area contributed by atoms with Crippen molar-refractivity contribution < 1.29 is 9.53 Å². The van der Waals surface area contributed by atoms with Gasteiger partial charge in [0.15, 0.2) is 0 Å². The molecule has 22 heavy (non-hydrogen) atoms. The molecule has 131 valence electrons. The largest absolute Gasteiger partial charge is 0.458 e. The molecule has 0 saturated heterocycles. The molecule has 0 saturated carbocycles. The Kier molecular flexibility index (Phi) is 18.1. The maximum Gasteiger partial charge on any atom is 0.306 e. The molecule has 0 aromatic rings. The van der Waals surface area contributed by atoms with E-state index in [-0.39, 0.29) is 5.97 Å². The maximum atomic E-state index is 11.3. The lowest BCUT2D eigenvalue weighted by atomic mass is 10.0. The summed E-state index contributed by atoms with van der Waals surface area (Å²) in [7, 11) is 0. The van der Waals surface area contributed by atoms with Crippen molar-refractivity contribution in [2.75, 3.05) is 0 Å². The van der Waals surface area contributed by atoms with Crippen LogP contribution in [0.2, 0.25) is 0 Å². The van der Waals surface area contributed by atoms with Crippen molar-refractivity contribution in [1.82, 2.24) is 0 Å². The predicted molar refractivity (Wildman–Crippen MR) is 95.6 cm³/mol. The average Bonchev–Trinajstić information content (AvgIpc) is 2.53. The molecule has 0 unspecified atom stereocenters. The number of carbonyl (C=O) groups is 1. The summed E-state index contributed by atoms with van der Waals surface area (Å²) in [5, 5.41) is 0. The fourth-order valence-electron chi connectivity index (χ4n) is 2.70. The summed E-state index contributed by atoms with van der Waals surface area (Å²) in [6.07, 6.45) is 20.2. The number of hydrogen-bond acceptors (Lipinski definition) is 2. The van der Waals surface area contributed by atoms with E-state index in [0.717, 1.165) is 12.8 Å². The van der Waals surface area contributed by atoms with E-state index in [1.807, 2.05) is 6.92 Å². The average molecular weight is 312 g/mol. The van der Waals surface area contributed by atoms with E-state index < -0.39 is 0 Å². The van der Waals surface area contributed by atoms with Gasteiger partial charge in [0.25, 0.3) is 0 Å². The first-order valence-corrected chi connectivity index (χ1v) is 9.82. The molecule has 0 aromatic carbocycles. The van der Waals surface area contributed by atoms with E-state index >= 15 is 0 Å². The number of hydrogen-bond donors (Lipinski definition) is 0. The maximum absolute atomic E-state index is 11.3. The molecule has 0 aromatic heterocycles. The number of carbonyl (C=O) groups excluding carboxylic acids is 1. The summed E-state index contributed by atoms with van der Waals surface area (Å²) in [6.45, 7) is 5.84. The molecular formula is C20H39O2. The molecule has 0 amide bonds. The third kappa shape index (κ3) is 17.5. The Morgan fingerprint density at radius 2 is 1.09 bits per heavy atom. The summed E-state index contributed by atoms with van der Waals surface area (Å²) in [5.41, 5.74) is 0. The molecule has 0 aliphatic rings. The van der Waals surface area contributed by atoms with E-state index in [9.17, 15) is 4.79 Å². The molecule has 1 radical (unpaired) electrons. The van der Waals surface area contributed by atoms with Crippen LogP contribution in [0.1, 0.15) is 117 Å². The second-order valence-electron chi connectivity index (χ2n) is 6.41. The molecule has 2 nitrogen and oxygen atoms in total. The van der Waals surface area contributed by atoms with Crippen LogP contribution in [0.4, 0.5) is 0 Å². The van der Waals surface area contributed by atoms with Gasteiger partial charge in [-0.05, 0) is 12.8 Å². The van der Waals surface area contributed by atoms with Crippen molar-refractivity contribution in [2.24, 2.45) is 0 Å². The van der Waals surface area contributed by atoms with Gasteiger partial charge >= 0.3 is 5.97 Å². The van der Waals surface area contributed by atoms with Crippen LogP contribution in [0.3, 0.4) is 0 Å². The second kappa shape index (κ2) is 18.5. The monoisotopic (exact) mass is 311 g/mol. The van der Waals surface area contributed by atoms with Crippen molar-refractivity contribution >= 4 is 5.97 Å². The van der Waals surface area contributed by atoms with Crippen molar-refractivity contribution in [3.8, 4) is 0 Å². The summed E-state index contributed by atoms with van der Waals surface area (Å²) in [6, 6.07) is 0. The zero-order valence-corrected chi connectivity index (χ0v) is 15.2. The van der Waals surface area contributed by atoms with Crippen LogP contribution in [0.25, 0.3) is 0 Å². The van der Waals surface area contributed by atoms with Crippen molar-refractivity contribution in [1.29, 1.82) is 0 Å². The first kappa shape index (κ1) is 21.5. The summed E-state index contributed by atoms with van der Waals surface area (Å²) in [4.78, 5) is 11.3. The fourth-order valence-corrected chi connectivity index (χ4v) is 2.70. The van der Waals surface area contributed by atoms with Gasteiger partial charge in [0.1, 0.15) is 6.61 Å². The lowest BCUT2D eigenvalue weighted by Gasteiger charge is -2.04. The summed E-state index contributed by atoms with van der Waals surface area (Å²) < 4.78 is 4.94. The summed E-state index contributed by atoms with van der Waals surface area (Å²) >= 11 is 0. The van der Waals surface area contributed by atoms with Gasteiger partial charge in [-0.2, -0.15) is 0 Å². The van der Waals surface area contributed by atoms with Crippen LogP contribution >= 0.6 is 0 Å². The molecule has 2 heteroatoms. The van der Waals surface area contributed by atoms with Gasteiger partial charge in [0, 0.05) is 6.42 Å². The van der Waals surface area contributed by atoms with Gasteiger partial charge in [-0.25, -0.2) is 0 Å². The molecular weight excluding hydrogens is 272 g/mol. The van der Waals surface area contributed by atoms with Gasteiger partial charge in [-0.15, -0.1) is 0 Å². The molecule has 0 atom stereocenters. The van der Waals surface area contributed by atoms with Crippen LogP contribution in [0.15, 0.2) is 0 Å². The SMILES string of the molecule is CC[CH]OC(=O)CCCCCCCCCCCCCCCC. The first-order chi connectivity index (χ1) is 10.8. The normalized spacial score (nSPS) is 10.8. The molecule has 0 heterocycles. The zero-order chi connectivity index (χ0) is 16.3. The topological polar surface area (TPSA) is 26.3 Å². The Labute approximate surface area is 139 Å². The minimum Gasteiger partial charge on any atom is -0.458 e. The minimum absolute atomic E-state index is 0.0687. The van der Waals surface area contributed by atoms with Crippen LogP contribution < -0.4 is 0 Å². The molecule has 0 fully saturated rings. The molecule has 0 spiro atoms. The van der Waals surface area contributed by atoms with Gasteiger partial charge in [0.05, 0.1) is 0 Å². The van der Waals surface area contributed by atoms with Crippen LogP contribution in [0.5, 0.6) is 0 Å². The Balaban J connectivity index is 3.04. The number of ether oxygens (including phenoxy) is 1. The van der Waals surface area contributed by atoms with E-state index in [1.54, 1.807) is 6.61 Å². The highest BCUT2D eigenvalue weighted by atomic mass is 16.5. The molecule has 0 aliphatic carbocycles. The van der Waals surface area contributed by atoms with Crippen LogP contribution in [0, 0.1) is 6.61 Å². The number of rotatable bonds is 17. The standard InChI is InChI=1S/C20H39O2/c1-3-5-6-7-8-9-10-11-12-13-14-15-16-17-18-20(21)22-19-4-2/h19H,3-18H2,1-2H3. The highest BCUT2D eigenvalue weighted by Gasteiger charge is 2.01. The van der Waals surface area contributed by atoms with Crippen molar-refractivity contribution in [2.45, 2.75) is 117 Å². The zero-order valence-electron chi connectivity index (χ0n) is 15.2. The third-order valence-corrected chi connectivity index (χ3v) is 4.12. The second-order valence-corrected chi connectivity index (χ2v) is 6.41. The summed E-state index contributed by atoms with van der Waals surface area (Å²) in [5.74, 6) is -0.0687. The Bertz CT molecular complexity index is 226. The van der Waals surface area contributed by atoms with Gasteiger partial charge in [-0.3, -0.25) is 4.79 Å². The lowest BCUT2D eigenvalue weighted by Crippen LogP contribution is -2.01. The van der Waals surface area contributed by atoms with Gasteiger partial charge < -0.3 is 4.74 Å². The van der Waals surface area contributed by atoms with Crippen LogP contribution in [-0.4, -0.2) is 5.97 Å². The minimum atomic E-state index is -0.0687. The highest BCUT2D eigenvalue weighted by molar-refractivity contribution is 5.69. The van der Waals surface area contributed by atoms with Crippen molar-refractivity contribution in [3.63, 3.8) is 0 Å². The van der Waals surface area contributed by atoms with E-state index in [4.69, 9.17) is 4.74 Å². The van der Waals surface area contributed by atoms with Gasteiger partial charge in [0.2, 0.25) is 0 Å². The number of unbranched alkanes of at least 4 members (excludes halogenated alkanes) is 13. The highest BCUT2D eigenvalue weighted by Crippen LogP contribution is 2.13. The predicted octanol–water partition coefficient (Wildman–Crippen LogP) is 6.97. The number of esters is 1. The first-order valence-electron chi connectivity index (χ1n) is 9.82. The molecule has 0 N–H and O–H groups in total. The smallest absolute Gasteiger partial charge is 0.306 e. The fraction of sp³-hybridized carbons (Fsp3) is 0.900. The lowest BCUT2D eigenvalue weighted by molar-refractivity contribution is -0.140.